The lowest BCUT2D eigenvalue weighted by Gasteiger charge is -2.36. The number of hydrogen-bond donors (Lipinski definition) is 2. The van der Waals surface area contributed by atoms with Crippen LogP contribution in [0, 0.1) is 5.82 Å². The predicted octanol–water partition coefficient (Wildman–Crippen LogP) is 2.73. The molecule has 2 saturated heterocycles. The maximum atomic E-state index is 14.8. The highest BCUT2D eigenvalue weighted by molar-refractivity contribution is 5.79. The first-order valence-electron chi connectivity index (χ1n) is 11.3. The third-order valence-electron chi connectivity index (χ3n) is 5.49. The molecule has 32 heavy (non-hydrogen) atoms. The maximum Gasteiger partial charge on any atom is 0.410 e. The average Bonchev–Trinajstić information content (AvgIpc) is 3.26. The molecular weight excluding hydrogens is 413 g/mol. The highest BCUT2D eigenvalue weighted by atomic mass is 19.1. The number of benzene rings is 1. The van der Waals surface area contributed by atoms with Crippen LogP contribution >= 0.6 is 0 Å². The van der Waals surface area contributed by atoms with Gasteiger partial charge in [0.05, 0.1) is 11.8 Å². The van der Waals surface area contributed by atoms with Gasteiger partial charge in [-0.15, -0.1) is 0 Å². The normalized spacial score (nSPS) is 19.8. The molecule has 3 rings (SSSR count). The SMILES string of the molecule is CN=C(NCc1ccc(N2CCN(C(=O)OC(C)(C)C)CC2)c(F)c1)NCC1CCCO1. The minimum Gasteiger partial charge on any atom is -0.444 e. The summed E-state index contributed by atoms with van der Waals surface area (Å²) in [5.41, 5.74) is 0.865. The molecule has 0 saturated carbocycles. The third kappa shape index (κ3) is 6.98. The Kier molecular flexibility index (Phi) is 8.17. The van der Waals surface area contributed by atoms with Crippen molar-refractivity contribution in [2.75, 3.05) is 51.3 Å². The Bertz CT molecular complexity index is 797. The molecule has 2 N–H and O–H groups in total. The van der Waals surface area contributed by atoms with Crippen molar-refractivity contribution in [3.8, 4) is 0 Å². The Labute approximate surface area is 190 Å². The van der Waals surface area contributed by atoms with Gasteiger partial charge in [-0.1, -0.05) is 6.07 Å². The Morgan fingerprint density at radius 3 is 2.59 bits per heavy atom. The first-order valence-corrected chi connectivity index (χ1v) is 11.3. The number of aliphatic imine (C=N–C) groups is 1. The number of hydrogen-bond acceptors (Lipinski definition) is 5. The van der Waals surface area contributed by atoms with Crippen LogP contribution in [-0.4, -0.2) is 75.0 Å². The van der Waals surface area contributed by atoms with Crippen LogP contribution in [0.15, 0.2) is 23.2 Å². The van der Waals surface area contributed by atoms with E-state index in [9.17, 15) is 9.18 Å². The molecule has 1 aromatic rings. The van der Waals surface area contributed by atoms with Crippen LogP contribution in [0.3, 0.4) is 0 Å². The fourth-order valence-electron chi connectivity index (χ4n) is 3.80. The monoisotopic (exact) mass is 449 g/mol. The number of nitrogens with one attached hydrogen (secondary N) is 2. The summed E-state index contributed by atoms with van der Waals surface area (Å²) in [6.07, 6.45) is 2.06. The van der Waals surface area contributed by atoms with Gasteiger partial charge in [0.15, 0.2) is 5.96 Å². The van der Waals surface area contributed by atoms with Crippen molar-refractivity contribution >= 4 is 17.7 Å². The van der Waals surface area contributed by atoms with E-state index in [-0.39, 0.29) is 18.0 Å². The summed E-state index contributed by atoms with van der Waals surface area (Å²) < 4.78 is 25.9. The molecule has 2 heterocycles. The number of carbonyl (C=O) groups excluding carboxylic acids is 1. The van der Waals surface area contributed by atoms with Gasteiger partial charge in [-0.25, -0.2) is 9.18 Å². The second kappa shape index (κ2) is 10.8. The summed E-state index contributed by atoms with van der Waals surface area (Å²) in [5.74, 6) is 0.403. The van der Waals surface area contributed by atoms with E-state index >= 15 is 0 Å². The van der Waals surface area contributed by atoms with E-state index in [0.717, 1.165) is 25.0 Å². The number of carbonyl (C=O) groups is 1. The standard InChI is InChI=1S/C23H36FN5O3/c1-23(2,3)32-22(30)29-11-9-28(10-12-29)20-8-7-17(14-19(20)24)15-26-21(25-4)27-16-18-6-5-13-31-18/h7-8,14,18H,5-6,9-13,15-16H2,1-4H3,(H2,25,26,27). The Balaban J connectivity index is 1.48. The van der Waals surface area contributed by atoms with Gasteiger partial charge >= 0.3 is 6.09 Å². The summed E-state index contributed by atoms with van der Waals surface area (Å²) in [6.45, 7) is 9.68. The average molecular weight is 450 g/mol. The summed E-state index contributed by atoms with van der Waals surface area (Å²) in [7, 11) is 1.71. The van der Waals surface area contributed by atoms with Crippen molar-refractivity contribution in [1.82, 2.24) is 15.5 Å². The predicted molar refractivity (Wildman–Crippen MR) is 124 cm³/mol. The van der Waals surface area contributed by atoms with Crippen molar-refractivity contribution in [3.05, 3.63) is 29.6 Å². The van der Waals surface area contributed by atoms with E-state index in [0.29, 0.717) is 50.9 Å². The molecule has 2 fully saturated rings. The number of piperazine rings is 1. The lowest BCUT2D eigenvalue weighted by molar-refractivity contribution is 0.0240. The smallest absolute Gasteiger partial charge is 0.410 e. The van der Waals surface area contributed by atoms with E-state index in [2.05, 4.69) is 15.6 Å². The highest BCUT2D eigenvalue weighted by Crippen LogP contribution is 2.23. The molecule has 0 aromatic heterocycles. The van der Waals surface area contributed by atoms with E-state index in [1.54, 1.807) is 24.1 Å². The first kappa shape index (κ1) is 24.1. The Morgan fingerprint density at radius 1 is 1.25 bits per heavy atom. The fraction of sp³-hybridized carbons (Fsp3) is 0.652. The second-order valence-corrected chi connectivity index (χ2v) is 9.18. The van der Waals surface area contributed by atoms with Crippen LogP contribution in [-0.2, 0) is 16.0 Å². The van der Waals surface area contributed by atoms with Crippen molar-refractivity contribution in [2.24, 2.45) is 4.99 Å². The van der Waals surface area contributed by atoms with E-state index < -0.39 is 5.60 Å². The minimum absolute atomic E-state index is 0.223. The van der Waals surface area contributed by atoms with Crippen LogP contribution in [0.4, 0.5) is 14.9 Å². The van der Waals surface area contributed by atoms with Crippen LogP contribution in [0.25, 0.3) is 0 Å². The molecule has 0 bridgehead atoms. The topological polar surface area (TPSA) is 78.4 Å². The van der Waals surface area contributed by atoms with Gasteiger partial charge in [-0.05, 0) is 51.3 Å². The molecule has 2 aliphatic heterocycles. The molecule has 9 heteroatoms. The van der Waals surface area contributed by atoms with E-state index in [1.807, 2.05) is 31.7 Å². The zero-order valence-electron chi connectivity index (χ0n) is 19.6. The minimum atomic E-state index is -0.521. The number of amides is 1. The second-order valence-electron chi connectivity index (χ2n) is 9.18. The molecule has 2 aliphatic rings. The Morgan fingerprint density at radius 2 is 2.00 bits per heavy atom. The van der Waals surface area contributed by atoms with Crippen molar-refractivity contribution in [2.45, 2.75) is 51.9 Å². The quantitative estimate of drug-likeness (QED) is 0.532. The molecule has 0 radical (unpaired) electrons. The summed E-state index contributed by atoms with van der Waals surface area (Å²) in [4.78, 5) is 20.1. The largest absolute Gasteiger partial charge is 0.444 e. The fourth-order valence-corrected chi connectivity index (χ4v) is 3.80. The van der Waals surface area contributed by atoms with Gasteiger partial charge in [0.25, 0.3) is 0 Å². The van der Waals surface area contributed by atoms with Crippen LogP contribution in [0.5, 0.6) is 0 Å². The van der Waals surface area contributed by atoms with E-state index in [1.165, 1.54) is 0 Å². The number of anilines is 1. The molecule has 0 spiro atoms. The van der Waals surface area contributed by atoms with Crippen LogP contribution in [0.1, 0.15) is 39.2 Å². The summed E-state index contributed by atoms with van der Waals surface area (Å²) in [5, 5.41) is 6.47. The number of halogens is 1. The number of rotatable bonds is 5. The van der Waals surface area contributed by atoms with Gasteiger partial charge in [0.2, 0.25) is 0 Å². The number of ether oxygens (including phenoxy) is 2. The molecule has 1 amide bonds. The molecule has 1 atom stereocenters. The first-order chi connectivity index (χ1) is 15.2. The van der Waals surface area contributed by atoms with Gasteiger partial charge < -0.3 is 29.9 Å². The van der Waals surface area contributed by atoms with Crippen LogP contribution in [0.2, 0.25) is 0 Å². The van der Waals surface area contributed by atoms with Gasteiger partial charge in [-0.3, -0.25) is 4.99 Å². The molecule has 1 aromatic carbocycles. The lowest BCUT2D eigenvalue weighted by Crippen LogP contribution is -2.50. The Hall–Kier alpha value is -2.55. The van der Waals surface area contributed by atoms with Crippen LogP contribution < -0.4 is 15.5 Å². The number of guanidine groups is 1. The van der Waals surface area contributed by atoms with Gasteiger partial charge in [0, 0.05) is 52.9 Å². The maximum absolute atomic E-state index is 14.8. The molecule has 8 nitrogen and oxygen atoms in total. The van der Waals surface area contributed by atoms with Crippen molar-refractivity contribution < 1.29 is 18.7 Å². The molecule has 1 unspecified atom stereocenters. The molecule has 178 valence electrons. The highest BCUT2D eigenvalue weighted by Gasteiger charge is 2.26. The lowest BCUT2D eigenvalue weighted by atomic mass is 10.1. The van der Waals surface area contributed by atoms with E-state index in [4.69, 9.17) is 9.47 Å². The summed E-state index contributed by atoms with van der Waals surface area (Å²) in [6, 6.07) is 5.27. The van der Waals surface area contributed by atoms with Crippen molar-refractivity contribution in [1.29, 1.82) is 0 Å². The number of nitrogens with zero attached hydrogens (tertiary/aromatic N) is 3. The third-order valence-corrected chi connectivity index (χ3v) is 5.49. The summed E-state index contributed by atoms with van der Waals surface area (Å²) >= 11 is 0. The van der Waals surface area contributed by atoms with Crippen molar-refractivity contribution in [3.63, 3.8) is 0 Å². The molecular formula is C23H36FN5O3. The molecule has 0 aliphatic carbocycles. The zero-order valence-corrected chi connectivity index (χ0v) is 19.6. The van der Waals surface area contributed by atoms with Gasteiger partial charge in [-0.2, -0.15) is 0 Å². The van der Waals surface area contributed by atoms with Gasteiger partial charge in [0.1, 0.15) is 11.4 Å². The zero-order chi connectivity index (χ0) is 23.1.